The van der Waals surface area contributed by atoms with Crippen molar-refractivity contribution in [1.82, 2.24) is 5.32 Å². The van der Waals surface area contributed by atoms with Gasteiger partial charge < -0.3 is 10.4 Å². The van der Waals surface area contributed by atoms with Crippen LogP contribution in [-0.4, -0.2) is 23.5 Å². The SMILES string of the molecule is Cc1ccc(Br)c(C(=O)NCC2CCC(C(=O)O)CC2)c1. The number of benzene rings is 1. The van der Waals surface area contributed by atoms with E-state index in [1.807, 2.05) is 25.1 Å². The summed E-state index contributed by atoms with van der Waals surface area (Å²) in [5.41, 5.74) is 1.69. The molecule has 0 atom stereocenters. The number of halogens is 1. The number of carboxylic acid groups (broad SMARTS) is 1. The molecule has 0 unspecified atom stereocenters. The first-order valence-corrected chi connectivity index (χ1v) is 8.04. The highest BCUT2D eigenvalue weighted by Gasteiger charge is 2.26. The molecule has 4 nitrogen and oxygen atoms in total. The number of carbonyl (C=O) groups is 2. The maximum atomic E-state index is 12.2. The van der Waals surface area contributed by atoms with E-state index < -0.39 is 5.97 Å². The molecular weight excluding hydrogens is 334 g/mol. The van der Waals surface area contributed by atoms with Crippen LogP contribution in [0.3, 0.4) is 0 Å². The molecule has 0 aliphatic heterocycles. The van der Waals surface area contributed by atoms with Gasteiger partial charge in [-0.15, -0.1) is 0 Å². The lowest BCUT2D eigenvalue weighted by Crippen LogP contribution is -2.32. The van der Waals surface area contributed by atoms with Gasteiger partial charge in [-0.2, -0.15) is 0 Å². The van der Waals surface area contributed by atoms with Gasteiger partial charge in [0.25, 0.3) is 5.91 Å². The fourth-order valence-corrected chi connectivity index (χ4v) is 3.19. The molecule has 2 rings (SSSR count). The van der Waals surface area contributed by atoms with Crippen molar-refractivity contribution in [2.24, 2.45) is 11.8 Å². The van der Waals surface area contributed by atoms with E-state index >= 15 is 0 Å². The van der Waals surface area contributed by atoms with Gasteiger partial charge in [0, 0.05) is 11.0 Å². The number of rotatable bonds is 4. The standard InChI is InChI=1S/C16H20BrNO3/c1-10-2-7-14(17)13(8-10)15(19)18-9-11-3-5-12(6-4-11)16(20)21/h2,7-8,11-12H,3-6,9H2,1H3,(H,18,19)(H,20,21). The summed E-state index contributed by atoms with van der Waals surface area (Å²) in [5.74, 6) is -0.594. The van der Waals surface area contributed by atoms with Crippen molar-refractivity contribution < 1.29 is 14.7 Å². The molecule has 1 aliphatic carbocycles. The third-order valence-electron chi connectivity index (χ3n) is 4.11. The van der Waals surface area contributed by atoms with Gasteiger partial charge in [0.1, 0.15) is 0 Å². The van der Waals surface area contributed by atoms with E-state index in [1.165, 1.54) is 0 Å². The van der Waals surface area contributed by atoms with Crippen molar-refractivity contribution >= 4 is 27.8 Å². The Morgan fingerprint density at radius 1 is 1.29 bits per heavy atom. The molecule has 0 saturated heterocycles. The predicted octanol–water partition coefficient (Wildman–Crippen LogP) is 3.38. The summed E-state index contributed by atoms with van der Waals surface area (Å²) in [5, 5.41) is 11.9. The molecule has 1 saturated carbocycles. The predicted molar refractivity (Wildman–Crippen MR) is 84.3 cm³/mol. The first kappa shape index (κ1) is 16.0. The van der Waals surface area contributed by atoms with Crippen LogP contribution >= 0.6 is 15.9 Å². The molecule has 1 aromatic rings. The van der Waals surface area contributed by atoms with Crippen LogP contribution in [0.2, 0.25) is 0 Å². The van der Waals surface area contributed by atoms with Crippen molar-refractivity contribution in [3.8, 4) is 0 Å². The number of carbonyl (C=O) groups excluding carboxylic acids is 1. The fraction of sp³-hybridized carbons (Fsp3) is 0.500. The second-order valence-corrected chi connectivity index (χ2v) is 6.60. The molecular formula is C16H20BrNO3. The van der Waals surface area contributed by atoms with Crippen molar-refractivity contribution in [3.05, 3.63) is 33.8 Å². The quantitative estimate of drug-likeness (QED) is 0.871. The molecule has 21 heavy (non-hydrogen) atoms. The van der Waals surface area contributed by atoms with Crippen LogP contribution < -0.4 is 5.32 Å². The third kappa shape index (κ3) is 4.30. The summed E-state index contributed by atoms with van der Waals surface area (Å²) < 4.78 is 0.792. The van der Waals surface area contributed by atoms with Gasteiger partial charge in [-0.25, -0.2) is 0 Å². The lowest BCUT2D eigenvalue weighted by molar-refractivity contribution is -0.143. The van der Waals surface area contributed by atoms with Crippen LogP contribution in [0.15, 0.2) is 22.7 Å². The van der Waals surface area contributed by atoms with E-state index in [0.717, 1.165) is 22.9 Å². The molecule has 0 heterocycles. The Morgan fingerprint density at radius 3 is 2.57 bits per heavy atom. The lowest BCUT2D eigenvalue weighted by Gasteiger charge is -2.26. The number of nitrogens with one attached hydrogen (secondary N) is 1. The molecule has 1 aromatic carbocycles. The van der Waals surface area contributed by atoms with Crippen molar-refractivity contribution in [3.63, 3.8) is 0 Å². The molecule has 1 fully saturated rings. The summed E-state index contributed by atoms with van der Waals surface area (Å²) in [6, 6.07) is 5.69. The maximum Gasteiger partial charge on any atom is 0.306 e. The van der Waals surface area contributed by atoms with E-state index in [0.29, 0.717) is 30.9 Å². The van der Waals surface area contributed by atoms with Gasteiger partial charge in [0.05, 0.1) is 11.5 Å². The first-order chi connectivity index (χ1) is 9.97. The summed E-state index contributed by atoms with van der Waals surface area (Å²) in [6.45, 7) is 2.57. The molecule has 0 spiro atoms. The molecule has 1 amide bonds. The average molecular weight is 354 g/mol. The van der Waals surface area contributed by atoms with Crippen LogP contribution in [-0.2, 0) is 4.79 Å². The van der Waals surface area contributed by atoms with E-state index in [-0.39, 0.29) is 11.8 Å². The topological polar surface area (TPSA) is 66.4 Å². The molecule has 0 radical (unpaired) electrons. The zero-order valence-electron chi connectivity index (χ0n) is 12.1. The van der Waals surface area contributed by atoms with Crippen LogP contribution in [0.1, 0.15) is 41.6 Å². The summed E-state index contributed by atoms with van der Waals surface area (Å²) in [4.78, 5) is 23.1. The Morgan fingerprint density at radius 2 is 1.95 bits per heavy atom. The van der Waals surface area contributed by atoms with E-state index in [2.05, 4.69) is 21.2 Å². The minimum Gasteiger partial charge on any atom is -0.481 e. The fourth-order valence-electron chi connectivity index (χ4n) is 2.76. The smallest absolute Gasteiger partial charge is 0.306 e. The minimum absolute atomic E-state index is 0.0778. The number of aliphatic carboxylic acids is 1. The van der Waals surface area contributed by atoms with Gasteiger partial charge in [-0.1, -0.05) is 11.6 Å². The minimum atomic E-state index is -0.693. The van der Waals surface area contributed by atoms with Crippen LogP contribution in [0.4, 0.5) is 0 Å². The number of carboxylic acids is 1. The number of amides is 1. The van der Waals surface area contributed by atoms with Gasteiger partial charge in [-0.05, 0) is 66.6 Å². The summed E-state index contributed by atoms with van der Waals surface area (Å²) >= 11 is 3.39. The number of hydrogen-bond donors (Lipinski definition) is 2. The lowest BCUT2D eigenvalue weighted by atomic mass is 9.82. The summed E-state index contributed by atoms with van der Waals surface area (Å²) in [7, 11) is 0. The van der Waals surface area contributed by atoms with Crippen LogP contribution in [0.25, 0.3) is 0 Å². The molecule has 5 heteroatoms. The van der Waals surface area contributed by atoms with E-state index in [4.69, 9.17) is 5.11 Å². The molecule has 114 valence electrons. The number of hydrogen-bond acceptors (Lipinski definition) is 2. The Kier molecular flexibility index (Phi) is 5.39. The normalized spacial score (nSPS) is 21.8. The third-order valence-corrected chi connectivity index (χ3v) is 4.81. The Bertz CT molecular complexity index is 536. The van der Waals surface area contributed by atoms with Crippen molar-refractivity contribution in [2.45, 2.75) is 32.6 Å². The van der Waals surface area contributed by atoms with Crippen molar-refractivity contribution in [1.29, 1.82) is 0 Å². The van der Waals surface area contributed by atoms with Crippen molar-refractivity contribution in [2.75, 3.05) is 6.54 Å². The number of aryl methyl sites for hydroxylation is 1. The Labute approximate surface area is 133 Å². The zero-order chi connectivity index (χ0) is 15.4. The Hall–Kier alpha value is -1.36. The van der Waals surface area contributed by atoms with Gasteiger partial charge in [0.2, 0.25) is 0 Å². The maximum absolute atomic E-state index is 12.2. The van der Waals surface area contributed by atoms with Crippen LogP contribution in [0.5, 0.6) is 0 Å². The average Bonchev–Trinajstić information content (AvgIpc) is 2.47. The highest BCUT2D eigenvalue weighted by molar-refractivity contribution is 9.10. The monoisotopic (exact) mass is 353 g/mol. The first-order valence-electron chi connectivity index (χ1n) is 7.24. The summed E-state index contributed by atoms with van der Waals surface area (Å²) in [6.07, 6.45) is 3.16. The highest BCUT2D eigenvalue weighted by atomic mass is 79.9. The molecule has 2 N–H and O–H groups in total. The second-order valence-electron chi connectivity index (χ2n) is 5.75. The molecule has 0 aromatic heterocycles. The van der Waals surface area contributed by atoms with Gasteiger partial charge in [-0.3, -0.25) is 9.59 Å². The highest BCUT2D eigenvalue weighted by Crippen LogP contribution is 2.28. The zero-order valence-corrected chi connectivity index (χ0v) is 13.6. The van der Waals surface area contributed by atoms with E-state index in [9.17, 15) is 9.59 Å². The molecule has 0 bridgehead atoms. The van der Waals surface area contributed by atoms with Gasteiger partial charge in [0.15, 0.2) is 0 Å². The Balaban J connectivity index is 1.85. The van der Waals surface area contributed by atoms with E-state index in [1.54, 1.807) is 0 Å². The molecule has 1 aliphatic rings. The van der Waals surface area contributed by atoms with Crippen LogP contribution in [0, 0.1) is 18.8 Å². The second kappa shape index (κ2) is 7.07. The van der Waals surface area contributed by atoms with Gasteiger partial charge >= 0.3 is 5.97 Å². The largest absolute Gasteiger partial charge is 0.481 e.